The van der Waals surface area contributed by atoms with E-state index in [1.54, 1.807) is 0 Å². The van der Waals surface area contributed by atoms with Gasteiger partial charge in [0.15, 0.2) is 0 Å². The van der Waals surface area contributed by atoms with Crippen LogP contribution < -0.4 is 0 Å². The SMILES string of the molecule is CCCCN(CC)C(=O)CN1CC[C@@H](CO)C1. The third kappa shape index (κ3) is 4.64. The van der Waals surface area contributed by atoms with Crippen molar-refractivity contribution in [2.75, 3.05) is 39.3 Å². The Hall–Kier alpha value is -0.610. The third-order valence-electron chi connectivity index (χ3n) is 3.50. The van der Waals surface area contributed by atoms with Gasteiger partial charge in [-0.1, -0.05) is 13.3 Å². The lowest BCUT2D eigenvalue weighted by molar-refractivity contribution is -0.132. The number of unbranched alkanes of at least 4 members (excludes halogenated alkanes) is 1. The smallest absolute Gasteiger partial charge is 0.236 e. The average molecular weight is 242 g/mol. The van der Waals surface area contributed by atoms with Crippen molar-refractivity contribution in [2.24, 2.45) is 5.92 Å². The molecule has 0 aromatic carbocycles. The van der Waals surface area contributed by atoms with E-state index >= 15 is 0 Å². The van der Waals surface area contributed by atoms with Crippen LogP contribution in [0.25, 0.3) is 0 Å². The van der Waals surface area contributed by atoms with Crippen molar-refractivity contribution in [3.63, 3.8) is 0 Å². The molecule has 0 saturated carbocycles. The number of amides is 1. The first-order valence-electron chi connectivity index (χ1n) is 6.82. The largest absolute Gasteiger partial charge is 0.396 e. The maximum Gasteiger partial charge on any atom is 0.236 e. The first-order valence-corrected chi connectivity index (χ1v) is 6.82. The highest BCUT2D eigenvalue weighted by molar-refractivity contribution is 5.78. The molecule has 0 aromatic rings. The summed E-state index contributed by atoms with van der Waals surface area (Å²) < 4.78 is 0. The molecule has 0 bridgehead atoms. The number of hydrogen-bond acceptors (Lipinski definition) is 3. The Bertz CT molecular complexity index is 233. The second-order valence-corrected chi connectivity index (χ2v) is 4.90. The van der Waals surface area contributed by atoms with Gasteiger partial charge < -0.3 is 10.0 Å². The molecule has 0 aliphatic carbocycles. The zero-order valence-corrected chi connectivity index (χ0v) is 11.2. The van der Waals surface area contributed by atoms with Gasteiger partial charge in [0.05, 0.1) is 6.54 Å². The third-order valence-corrected chi connectivity index (χ3v) is 3.50. The highest BCUT2D eigenvalue weighted by Gasteiger charge is 2.24. The minimum atomic E-state index is 0.236. The van der Waals surface area contributed by atoms with Crippen LogP contribution in [-0.2, 0) is 4.79 Å². The van der Waals surface area contributed by atoms with E-state index in [-0.39, 0.29) is 12.5 Å². The van der Waals surface area contributed by atoms with Crippen molar-refractivity contribution >= 4 is 5.91 Å². The Kier molecular flexibility index (Phi) is 6.52. The van der Waals surface area contributed by atoms with Gasteiger partial charge in [-0.2, -0.15) is 0 Å². The zero-order valence-electron chi connectivity index (χ0n) is 11.2. The zero-order chi connectivity index (χ0) is 12.7. The molecule has 100 valence electrons. The molecule has 1 aliphatic heterocycles. The Balaban J connectivity index is 2.31. The van der Waals surface area contributed by atoms with E-state index in [0.29, 0.717) is 12.5 Å². The van der Waals surface area contributed by atoms with Gasteiger partial charge in [-0.15, -0.1) is 0 Å². The minimum Gasteiger partial charge on any atom is -0.396 e. The normalized spacial score (nSPS) is 20.8. The number of carbonyl (C=O) groups excluding carboxylic acids is 1. The molecular weight excluding hydrogens is 216 g/mol. The van der Waals surface area contributed by atoms with Crippen molar-refractivity contribution in [2.45, 2.75) is 33.1 Å². The number of carbonyl (C=O) groups is 1. The summed E-state index contributed by atoms with van der Waals surface area (Å²) in [5.41, 5.74) is 0. The summed E-state index contributed by atoms with van der Waals surface area (Å²) in [4.78, 5) is 16.2. The molecule has 4 nitrogen and oxygen atoms in total. The van der Waals surface area contributed by atoms with Gasteiger partial charge in [-0.3, -0.25) is 9.69 Å². The maximum atomic E-state index is 12.1. The van der Waals surface area contributed by atoms with E-state index < -0.39 is 0 Å². The van der Waals surface area contributed by atoms with Crippen molar-refractivity contribution in [3.05, 3.63) is 0 Å². The van der Waals surface area contributed by atoms with Gasteiger partial charge in [-0.05, 0) is 32.2 Å². The fraction of sp³-hybridized carbons (Fsp3) is 0.923. The fourth-order valence-electron chi connectivity index (χ4n) is 2.30. The second-order valence-electron chi connectivity index (χ2n) is 4.90. The van der Waals surface area contributed by atoms with Crippen LogP contribution in [0.3, 0.4) is 0 Å². The quantitative estimate of drug-likeness (QED) is 0.723. The lowest BCUT2D eigenvalue weighted by Crippen LogP contribution is -2.40. The van der Waals surface area contributed by atoms with Crippen LogP contribution in [0.15, 0.2) is 0 Å². The van der Waals surface area contributed by atoms with Gasteiger partial charge in [-0.25, -0.2) is 0 Å². The van der Waals surface area contributed by atoms with Crippen LogP contribution >= 0.6 is 0 Å². The summed E-state index contributed by atoms with van der Waals surface area (Å²) in [5.74, 6) is 0.605. The van der Waals surface area contributed by atoms with Gasteiger partial charge in [0.25, 0.3) is 0 Å². The molecule has 1 heterocycles. The van der Waals surface area contributed by atoms with Crippen LogP contribution in [-0.4, -0.2) is 60.1 Å². The number of rotatable bonds is 7. The lowest BCUT2D eigenvalue weighted by atomic mass is 10.1. The van der Waals surface area contributed by atoms with E-state index in [1.807, 2.05) is 11.8 Å². The number of hydrogen-bond donors (Lipinski definition) is 1. The molecule has 0 spiro atoms. The highest BCUT2D eigenvalue weighted by atomic mass is 16.3. The first kappa shape index (κ1) is 14.5. The number of likely N-dealkylation sites (tertiary alicyclic amines) is 1. The summed E-state index contributed by atoms with van der Waals surface area (Å²) >= 11 is 0. The molecule has 0 aromatic heterocycles. The molecule has 1 atom stereocenters. The highest BCUT2D eigenvalue weighted by Crippen LogP contribution is 2.15. The average Bonchev–Trinajstić information content (AvgIpc) is 2.77. The number of aliphatic hydroxyl groups excluding tert-OH is 1. The first-order chi connectivity index (χ1) is 8.21. The fourth-order valence-corrected chi connectivity index (χ4v) is 2.30. The minimum absolute atomic E-state index is 0.236. The van der Waals surface area contributed by atoms with E-state index in [2.05, 4.69) is 11.8 Å². The molecule has 1 saturated heterocycles. The molecule has 0 radical (unpaired) electrons. The summed E-state index contributed by atoms with van der Waals surface area (Å²) in [7, 11) is 0. The van der Waals surface area contributed by atoms with Gasteiger partial charge in [0.2, 0.25) is 5.91 Å². The maximum absolute atomic E-state index is 12.1. The number of likely N-dealkylation sites (N-methyl/N-ethyl adjacent to an activating group) is 1. The molecule has 1 N–H and O–H groups in total. The predicted octanol–water partition coefficient (Wildman–Crippen LogP) is 0.949. The predicted molar refractivity (Wildman–Crippen MR) is 68.8 cm³/mol. The Labute approximate surface area is 105 Å². The molecule has 1 amide bonds. The van der Waals surface area contributed by atoms with E-state index in [1.165, 1.54) is 0 Å². The van der Waals surface area contributed by atoms with Crippen molar-refractivity contribution in [1.82, 2.24) is 9.80 Å². The van der Waals surface area contributed by atoms with E-state index in [4.69, 9.17) is 5.11 Å². The lowest BCUT2D eigenvalue weighted by Gasteiger charge is -2.24. The summed E-state index contributed by atoms with van der Waals surface area (Å²) in [5, 5.41) is 9.07. The molecule has 0 unspecified atom stereocenters. The summed E-state index contributed by atoms with van der Waals surface area (Å²) in [6, 6.07) is 0. The Morgan fingerprint density at radius 2 is 2.24 bits per heavy atom. The molecular formula is C13H26N2O2. The number of aliphatic hydroxyl groups is 1. The molecule has 1 rings (SSSR count). The molecule has 17 heavy (non-hydrogen) atoms. The second kappa shape index (κ2) is 7.67. The summed E-state index contributed by atoms with van der Waals surface area (Å²) in [6.07, 6.45) is 3.23. The van der Waals surface area contributed by atoms with Crippen LogP contribution in [0.4, 0.5) is 0 Å². The van der Waals surface area contributed by atoms with Crippen LogP contribution in [0.1, 0.15) is 33.1 Å². The van der Waals surface area contributed by atoms with Gasteiger partial charge in [0, 0.05) is 26.2 Å². The van der Waals surface area contributed by atoms with Gasteiger partial charge >= 0.3 is 0 Å². The van der Waals surface area contributed by atoms with Crippen LogP contribution in [0, 0.1) is 5.92 Å². The van der Waals surface area contributed by atoms with Crippen LogP contribution in [0.2, 0.25) is 0 Å². The molecule has 1 fully saturated rings. The number of nitrogens with zero attached hydrogens (tertiary/aromatic N) is 2. The van der Waals surface area contributed by atoms with E-state index in [0.717, 1.165) is 45.4 Å². The van der Waals surface area contributed by atoms with Crippen molar-refractivity contribution in [1.29, 1.82) is 0 Å². The Morgan fingerprint density at radius 1 is 1.47 bits per heavy atom. The van der Waals surface area contributed by atoms with Crippen molar-refractivity contribution < 1.29 is 9.90 Å². The van der Waals surface area contributed by atoms with Gasteiger partial charge in [0.1, 0.15) is 0 Å². The van der Waals surface area contributed by atoms with Crippen LogP contribution in [0.5, 0.6) is 0 Å². The topological polar surface area (TPSA) is 43.8 Å². The van der Waals surface area contributed by atoms with E-state index in [9.17, 15) is 4.79 Å². The summed E-state index contributed by atoms with van der Waals surface area (Å²) in [6.45, 7) is 8.44. The molecule has 4 heteroatoms. The standard InChI is InChI=1S/C13H26N2O2/c1-3-5-7-15(4-2)13(17)10-14-8-6-12(9-14)11-16/h12,16H,3-11H2,1-2H3/t12-/m1/s1. The Morgan fingerprint density at radius 3 is 2.76 bits per heavy atom. The molecule has 1 aliphatic rings. The van der Waals surface area contributed by atoms with Crippen molar-refractivity contribution in [3.8, 4) is 0 Å². The monoisotopic (exact) mass is 242 g/mol.